The number of hydrogen-bond acceptors (Lipinski definition) is 7. The van der Waals surface area contributed by atoms with E-state index in [1.807, 2.05) is 0 Å². The fourth-order valence-corrected chi connectivity index (χ4v) is 3.50. The van der Waals surface area contributed by atoms with Crippen LogP contribution in [0, 0.1) is 20.2 Å². The van der Waals surface area contributed by atoms with Gasteiger partial charge >= 0.3 is 6.18 Å². The van der Waals surface area contributed by atoms with Gasteiger partial charge in [0.05, 0.1) is 20.8 Å². The molecule has 0 saturated carbocycles. The van der Waals surface area contributed by atoms with Gasteiger partial charge in [-0.3, -0.25) is 20.2 Å². The molecule has 3 rings (SSSR count). The third kappa shape index (κ3) is 3.45. The quantitative estimate of drug-likeness (QED) is 0.444. The van der Waals surface area contributed by atoms with Crippen LogP contribution in [0.2, 0.25) is 0 Å². The van der Waals surface area contributed by atoms with Crippen LogP contribution in [0.25, 0.3) is 0 Å². The Labute approximate surface area is 147 Å². The van der Waals surface area contributed by atoms with E-state index in [-0.39, 0.29) is 27.7 Å². The highest BCUT2D eigenvalue weighted by Crippen LogP contribution is 2.40. The number of halogens is 3. The summed E-state index contributed by atoms with van der Waals surface area (Å²) >= 11 is 0.573. The Morgan fingerprint density at radius 3 is 2.42 bits per heavy atom. The van der Waals surface area contributed by atoms with Gasteiger partial charge in [-0.2, -0.15) is 13.2 Å². The third-order valence-corrected chi connectivity index (χ3v) is 4.66. The second kappa shape index (κ2) is 6.52. The molecule has 136 valence electrons. The third-order valence-electron chi connectivity index (χ3n) is 3.73. The predicted octanol–water partition coefficient (Wildman–Crippen LogP) is 3.95. The lowest BCUT2D eigenvalue weighted by molar-refractivity contribution is -0.396. The second-order valence-corrected chi connectivity index (χ2v) is 6.41. The summed E-state index contributed by atoms with van der Waals surface area (Å²) < 4.78 is 39.7. The number of fused-ring (bicyclic) bond motifs is 1. The minimum atomic E-state index is -4.66. The van der Waals surface area contributed by atoms with E-state index in [0.717, 1.165) is 18.2 Å². The number of aromatic nitrogens is 2. The van der Waals surface area contributed by atoms with E-state index in [9.17, 15) is 33.4 Å². The number of alkyl halides is 3. The molecular formula is C14H9F3N4O4S. The van der Waals surface area contributed by atoms with E-state index < -0.39 is 33.1 Å². The molecule has 0 amide bonds. The van der Waals surface area contributed by atoms with Gasteiger partial charge < -0.3 is 0 Å². The molecule has 0 fully saturated rings. The zero-order valence-corrected chi connectivity index (χ0v) is 13.6. The van der Waals surface area contributed by atoms with Crippen LogP contribution < -0.4 is 0 Å². The van der Waals surface area contributed by atoms with E-state index in [1.165, 1.54) is 0 Å². The molecule has 1 aliphatic rings. The molecule has 12 heteroatoms. The Morgan fingerprint density at radius 2 is 1.81 bits per heavy atom. The monoisotopic (exact) mass is 386 g/mol. The summed E-state index contributed by atoms with van der Waals surface area (Å²) in [5, 5.41) is 21.6. The molecular weight excluding hydrogens is 377 g/mol. The molecule has 0 aliphatic heterocycles. The van der Waals surface area contributed by atoms with Crippen LogP contribution in [0.3, 0.4) is 0 Å². The molecule has 0 radical (unpaired) electrons. The molecule has 1 aromatic heterocycles. The Kier molecular flexibility index (Phi) is 4.52. The lowest BCUT2D eigenvalue weighted by Crippen LogP contribution is -2.14. The van der Waals surface area contributed by atoms with Gasteiger partial charge in [0.1, 0.15) is 0 Å². The molecule has 0 spiro atoms. The maximum atomic E-state index is 13.2. The van der Waals surface area contributed by atoms with Gasteiger partial charge in [0.15, 0.2) is 10.9 Å². The first kappa shape index (κ1) is 18.0. The van der Waals surface area contributed by atoms with Crippen LogP contribution in [-0.2, 0) is 19.0 Å². The maximum Gasteiger partial charge on any atom is 0.433 e. The van der Waals surface area contributed by atoms with Gasteiger partial charge in [0.25, 0.3) is 11.4 Å². The molecule has 0 saturated heterocycles. The van der Waals surface area contributed by atoms with Crippen molar-refractivity contribution in [2.45, 2.75) is 35.5 Å². The first-order valence-electron chi connectivity index (χ1n) is 7.24. The van der Waals surface area contributed by atoms with Crippen molar-refractivity contribution in [3.8, 4) is 0 Å². The van der Waals surface area contributed by atoms with Gasteiger partial charge in [-0.1, -0.05) is 0 Å². The topological polar surface area (TPSA) is 112 Å². The van der Waals surface area contributed by atoms with E-state index >= 15 is 0 Å². The van der Waals surface area contributed by atoms with Crippen LogP contribution in [0.15, 0.2) is 28.3 Å². The second-order valence-electron chi connectivity index (χ2n) is 5.40. The van der Waals surface area contributed by atoms with Crippen molar-refractivity contribution in [1.82, 2.24) is 9.97 Å². The number of aryl methyl sites for hydroxylation is 1. The zero-order valence-electron chi connectivity index (χ0n) is 12.8. The number of rotatable bonds is 4. The van der Waals surface area contributed by atoms with Crippen LogP contribution in [0.4, 0.5) is 24.5 Å². The van der Waals surface area contributed by atoms with Gasteiger partial charge in [0, 0.05) is 17.3 Å². The van der Waals surface area contributed by atoms with Gasteiger partial charge in [-0.25, -0.2) is 9.97 Å². The van der Waals surface area contributed by atoms with Crippen LogP contribution in [0.1, 0.15) is 23.4 Å². The van der Waals surface area contributed by atoms with Gasteiger partial charge in [-0.15, -0.1) is 0 Å². The number of non-ortho nitro benzene ring substituents is 1. The molecule has 0 bridgehead atoms. The van der Waals surface area contributed by atoms with E-state index in [4.69, 9.17) is 0 Å². The first-order chi connectivity index (χ1) is 12.2. The summed E-state index contributed by atoms with van der Waals surface area (Å²) in [5.41, 5.74) is -1.79. The van der Waals surface area contributed by atoms with Crippen LogP contribution >= 0.6 is 11.8 Å². The normalized spacial score (nSPS) is 13.5. The SMILES string of the molecule is O=[N+]([O-])c1ccc(Sc2nc3c(c(C(F)(F)F)n2)CCC3)c([N+](=O)[O-])c1. The highest BCUT2D eigenvalue weighted by molar-refractivity contribution is 7.99. The molecule has 2 aromatic rings. The highest BCUT2D eigenvalue weighted by atomic mass is 32.2. The Hall–Kier alpha value is -2.76. The Morgan fingerprint density at radius 1 is 1.08 bits per heavy atom. The molecule has 0 atom stereocenters. The van der Waals surface area contributed by atoms with Crippen molar-refractivity contribution in [3.63, 3.8) is 0 Å². The smallest absolute Gasteiger partial charge is 0.258 e. The van der Waals surface area contributed by atoms with Crippen molar-refractivity contribution in [1.29, 1.82) is 0 Å². The lowest BCUT2D eigenvalue weighted by Gasteiger charge is -2.12. The zero-order chi connectivity index (χ0) is 19.1. The maximum absolute atomic E-state index is 13.2. The summed E-state index contributed by atoms with van der Waals surface area (Å²) in [6.07, 6.45) is -3.53. The van der Waals surface area contributed by atoms with Crippen molar-refractivity contribution in [2.24, 2.45) is 0 Å². The van der Waals surface area contributed by atoms with E-state index in [1.54, 1.807) is 0 Å². The molecule has 1 aliphatic carbocycles. The molecule has 8 nitrogen and oxygen atoms in total. The Bertz CT molecular complexity index is 920. The average Bonchev–Trinajstić information content (AvgIpc) is 3.01. The largest absolute Gasteiger partial charge is 0.433 e. The summed E-state index contributed by atoms with van der Waals surface area (Å²) in [7, 11) is 0. The minimum absolute atomic E-state index is 0.0556. The van der Waals surface area contributed by atoms with Crippen molar-refractivity contribution in [2.75, 3.05) is 0 Å². The fourth-order valence-electron chi connectivity index (χ4n) is 2.64. The molecule has 0 unspecified atom stereocenters. The van der Waals surface area contributed by atoms with Crippen molar-refractivity contribution in [3.05, 3.63) is 55.4 Å². The van der Waals surface area contributed by atoms with Crippen LogP contribution in [-0.4, -0.2) is 19.8 Å². The average molecular weight is 386 g/mol. The number of hydrogen-bond donors (Lipinski definition) is 0. The van der Waals surface area contributed by atoms with Gasteiger partial charge in [0.2, 0.25) is 0 Å². The van der Waals surface area contributed by atoms with Gasteiger partial charge in [-0.05, 0) is 37.1 Å². The first-order valence-corrected chi connectivity index (χ1v) is 8.06. The minimum Gasteiger partial charge on any atom is -0.258 e. The number of nitro groups is 2. The molecule has 1 aromatic carbocycles. The Balaban J connectivity index is 2.05. The highest BCUT2D eigenvalue weighted by Gasteiger charge is 2.38. The standard InChI is InChI=1S/C14H9F3N4O4S/c15-14(16,17)12-8-2-1-3-9(8)18-13(19-12)26-11-5-4-7(20(22)23)6-10(11)21(24)25/h4-6H,1-3H2. The predicted molar refractivity (Wildman–Crippen MR) is 82.9 cm³/mol. The lowest BCUT2D eigenvalue weighted by atomic mass is 10.2. The van der Waals surface area contributed by atoms with E-state index in [0.29, 0.717) is 24.6 Å². The van der Waals surface area contributed by atoms with Crippen molar-refractivity contribution < 1.29 is 23.0 Å². The van der Waals surface area contributed by atoms with Crippen molar-refractivity contribution >= 4 is 23.1 Å². The molecule has 26 heavy (non-hydrogen) atoms. The summed E-state index contributed by atoms with van der Waals surface area (Å²) in [6, 6.07) is 2.89. The summed E-state index contributed by atoms with van der Waals surface area (Å²) in [4.78, 5) is 27.8. The summed E-state index contributed by atoms with van der Waals surface area (Å²) in [6.45, 7) is 0. The fraction of sp³-hybridized carbons (Fsp3) is 0.286. The molecule has 1 heterocycles. The molecule has 0 N–H and O–H groups in total. The van der Waals surface area contributed by atoms with E-state index in [2.05, 4.69) is 9.97 Å². The number of benzene rings is 1. The number of nitrogens with zero attached hydrogens (tertiary/aromatic N) is 4. The summed E-state index contributed by atoms with van der Waals surface area (Å²) in [5.74, 6) is 0. The number of nitro benzene ring substituents is 2. The van der Waals surface area contributed by atoms with Crippen LogP contribution in [0.5, 0.6) is 0 Å².